The van der Waals surface area contributed by atoms with Crippen LogP contribution in [0.15, 0.2) is 0 Å². The summed E-state index contributed by atoms with van der Waals surface area (Å²) in [6.07, 6.45) is 0. The maximum atomic E-state index is 11.7. The predicted molar refractivity (Wildman–Crippen MR) is 70.4 cm³/mol. The van der Waals surface area contributed by atoms with Gasteiger partial charge in [-0.15, -0.1) is 11.3 Å². The van der Waals surface area contributed by atoms with E-state index in [9.17, 15) is 14.4 Å². The summed E-state index contributed by atoms with van der Waals surface area (Å²) in [6.45, 7) is 1.77. The Morgan fingerprint density at radius 1 is 1.58 bits per heavy atom. The molecule has 1 aromatic heterocycles. The lowest BCUT2D eigenvalue weighted by Crippen LogP contribution is -2.42. The summed E-state index contributed by atoms with van der Waals surface area (Å²) >= 11 is 2.10. The van der Waals surface area contributed by atoms with Gasteiger partial charge in [-0.2, -0.15) is 0 Å². The quantitative estimate of drug-likeness (QED) is 0.751. The van der Waals surface area contributed by atoms with Gasteiger partial charge >= 0.3 is 5.97 Å². The topological polar surface area (TPSA) is 108 Å². The van der Waals surface area contributed by atoms with Crippen LogP contribution in [0.5, 0.6) is 0 Å². The Labute approximate surface area is 116 Å². The number of carbonyl (C=O) groups is 3. The van der Waals surface area contributed by atoms with Crippen LogP contribution in [0, 0.1) is 6.92 Å². The summed E-state index contributed by atoms with van der Waals surface area (Å²) in [6, 6.07) is -0.530. The molecule has 0 spiro atoms. The second-order valence-corrected chi connectivity index (χ2v) is 5.92. The van der Waals surface area contributed by atoms with Crippen molar-refractivity contribution in [3.05, 3.63) is 15.6 Å². The van der Waals surface area contributed by atoms with Crippen molar-refractivity contribution < 1.29 is 19.5 Å². The summed E-state index contributed by atoms with van der Waals surface area (Å²) in [7, 11) is 0. The van der Waals surface area contributed by atoms with Gasteiger partial charge in [-0.25, -0.2) is 9.78 Å². The van der Waals surface area contributed by atoms with E-state index in [-0.39, 0.29) is 22.6 Å². The number of carboxylic acid groups (broad SMARTS) is 1. The zero-order valence-corrected chi connectivity index (χ0v) is 11.6. The number of hydrogen-bond donors (Lipinski definition) is 3. The van der Waals surface area contributed by atoms with Crippen LogP contribution in [-0.4, -0.2) is 39.0 Å². The minimum Gasteiger partial charge on any atom is -0.477 e. The first-order chi connectivity index (χ1) is 8.97. The Morgan fingerprint density at radius 2 is 2.32 bits per heavy atom. The van der Waals surface area contributed by atoms with Gasteiger partial charge in [0.05, 0.1) is 12.2 Å². The summed E-state index contributed by atoms with van der Waals surface area (Å²) < 4.78 is 0. The van der Waals surface area contributed by atoms with Crippen molar-refractivity contribution in [2.45, 2.75) is 19.5 Å². The molecule has 102 valence electrons. The van der Waals surface area contributed by atoms with E-state index in [1.54, 1.807) is 6.92 Å². The molecule has 2 amide bonds. The molecule has 19 heavy (non-hydrogen) atoms. The average molecular weight is 301 g/mol. The molecule has 1 fully saturated rings. The molecule has 7 nitrogen and oxygen atoms in total. The lowest BCUT2D eigenvalue weighted by Gasteiger charge is -2.08. The van der Waals surface area contributed by atoms with Gasteiger partial charge in [-0.3, -0.25) is 9.59 Å². The second kappa shape index (κ2) is 5.57. The van der Waals surface area contributed by atoms with Gasteiger partial charge in [0.1, 0.15) is 15.9 Å². The minimum absolute atomic E-state index is 0.161. The molecular weight excluding hydrogens is 290 g/mol. The molecule has 2 rings (SSSR count). The molecule has 1 atom stereocenters. The third kappa shape index (κ3) is 3.24. The molecule has 1 aliphatic rings. The number of nitrogens with zero attached hydrogens (tertiary/aromatic N) is 1. The molecule has 0 aliphatic carbocycles. The molecule has 1 aliphatic heterocycles. The third-order valence-electron chi connectivity index (χ3n) is 2.44. The van der Waals surface area contributed by atoms with Crippen LogP contribution in [0.4, 0.5) is 4.79 Å². The number of carbonyl (C=O) groups excluding carboxylic acids is 2. The first-order valence-electron chi connectivity index (χ1n) is 5.38. The van der Waals surface area contributed by atoms with Crippen molar-refractivity contribution in [1.82, 2.24) is 15.6 Å². The number of aromatic nitrogens is 1. The summed E-state index contributed by atoms with van der Waals surface area (Å²) in [5.41, 5.74) is 0.437. The number of carboxylic acids is 1. The number of aromatic carboxylic acids is 1. The SMILES string of the molecule is Cc1nc(CNC(=O)C2CSC(=O)N2)sc1C(=O)O. The Morgan fingerprint density at radius 3 is 2.84 bits per heavy atom. The van der Waals surface area contributed by atoms with E-state index in [1.807, 2.05) is 0 Å². The highest BCUT2D eigenvalue weighted by Gasteiger charge is 2.27. The first-order valence-corrected chi connectivity index (χ1v) is 7.18. The minimum atomic E-state index is -1.02. The zero-order valence-electron chi connectivity index (χ0n) is 9.93. The standard InChI is InChI=1S/C10H11N3O4S2/c1-4-7(9(15)16)19-6(12-4)2-11-8(14)5-3-18-10(17)13-5/h5H,2-3H2,1H3,(H,11,14)(H,13,17)(H,15,16). The number of aryl methyl sites for hydroxylation is 1. The highest BCUT2D eigenvalue weighted by Crippen LogP contribution is 2.18. The van der Waals surface area contributed by atoms with E-state index in [4.69, 9.17) is 5.11 Å². The van der Waals surface area contributed by atoms with E-state index in [2.05, 4.69) is 15.6 Å². The molecule has 3 N–H and O–H groups in total. The molecule has 0 saturated carbocycles. The van der Waals surface area contributed by atoms with Crippen molar-refractivity contribution in [3.8, 4) is 0 Å². The number of amides is 2. The van der Waals surface area contributed by atoms with Gasteiger partial charge < -0.3 is 15.7 Å². The van der Waals surface area contributed by atoms with Crippen molar-refractivity contribution in [3.63, 3.8) is 0 Å². The molecule has 1 aromatic rings. The molecule has 2 heterocycles. The van der Waals surface area contributed by atoms with Crippen LogP contribution >= 0.6 is 23.1 Å². The maximum absolute atomic E-state index is 11.7. The molecule has 1 saturated heterocycles. The van der Waals surface area contributed by atoms with Crippen molar-refractivity contribution in [2.24, 2.45) is 0 Å². The maximum Gasteiger partial charge on any atom is 0.347 e. The largest absolute Gasteiger partial charge is 0.477 e. The molecule has 0 radical (unpaired) electrons. The van der Waals surface area contributed by atoms with E-state index in [1.165, 1.54) is 0 Å². The molecule has 0 aromatic carbocycles. The lowest BCUT2D eigenvalue weighted by atomic mass is 10.3. The van der Waals surface area contributed by atoms with Gasteiger partial charge in [0.2, 0.25) is 5.91 Å². The Hall–Kier alpha value is -1.61. The van der Waals surface area contributed by atoms with Crippen LogP contribution < -0.4 is 10.6 Å². The molecular formula is C10H11N3O4S2. The number of rotatable bonds is 4. The summed E-state index contributed by atoms with van der Waals surface area (Å²) in [5.74, 6) is -0.905. The fourth-order valence-corrected chi connectivity index (χ4v) is 3.16. The Kier molecular flexibility index (Phi) is 4.05. The van der Waals surface area contributed by atoms with Crippen molar-refractivity contribution in [1.29, 1.82) is 0 Å². The number of thiazole rings is 1. The number of hydrogen-bond acceptors (Lipinski definition) is 6. The molecule has 0 bridgehead atoms. The van der Waals surface area contributed by atoms with E-state index in [0.717, 1.165) is 23.1 Å². The first kappa shape index (κ1) is 13.8. The second-order valence-electron chi connectivity index (χ2n) is 3.84. The van der Waals surface area contributed by atoms with Gasteiger partial charge in [0.15, 0.2) is 0 Å². The highest BCUT2D eigenvalue weighted by atomic mass is 32.2. The van der Waals surface area contributed by atoms with Gasteiger partial charge in [-0.05, 0) is 6.92 Å². The van der Waals surface area contributed by atoms with Crippen LogP contribution in [0.3, 0.4) is 0 Å². The van der Waals surface area contributed by atoms with Gasteiger partial charge in [-0.1, -0.05) is 11.8 Å². The number of nitrogens with one attached hydrogen (secondary N) is 2. The average Bonchev–Trinajstić information content (AvgIpc) is 2.92. The normalized spacial score (nSPS) is 18.2. The molecule has 9 heteroatoms. The third-order valence-corrected chi connectivity index (χ3v) is 4.46. The molecule has 1 unspecified atom stereocenters. The van der Waals surface area contributed by atoms with Crippen molar-refractivity contribution in [2.75, 3.05) is 5.75 Å². The van der Waals surface area contributed by atoms with Crippen LogP contribution in [0.1, 0.15) is 20.4 Å². The zero-order chi connectivity index (χ0) is 14.0. The van der Waals surface area contributed by atoms with Crippen LogP contribution in [0.25, 0.3) is 0 Å². The smallest absolute Gasteiger partial charge is 0.347 e. The van der Waals surface area contributed by atoms with Gasteiger partial charge in [0, 0.05) is 5.75 Å². The highest BCUT2D eigenvalue weighted by molar-refractivity contribution is 8.14. The van der Waals surface area contributed by atoms with Crippen molar-refractivity contribution >= 4 is 40.2 Å². The van der Waals surface area contributed by atoms with E-state index >= 15 is 0 Å². The Bertz CT molecular complexity index is 543. The fraction of sp³-hybridized carbons (Fsp3) is 0.400. The Balaban J connectivity index is 1.92. The van der Waals surface area contributed by atoms with E-state index < -0.39 is 12.0 Å². The van der Waals surface area contributed by atoms with Crippen LogP contribution in [-0.2, 0) is 11.3 Å². The monoisotopic (exact) mass is 301 g/mol. The lowest BCUT2D eigenvalue weighted by molar-refractivity contribution is -0.122. The fourth-order valence-electron chi connectivity index (χ4n) is 1.54. The van der Waals surface area contributed by atoms with E-state index in [0.29, 0.717) is 16.5 Å². The predicted octanol–water partition coefficient (Wildman–Crippen LogP) is 0.591. The van der Waals surface area contributed by atoms with Gasteiger partial charge in [0.25, 0.3) is 5.24 Å². The summed E-state index contributed by atoms with van der Waals surface area (Å²) in [5, 5.41) is 14.4. The van der Waals surface area contributed by atoms with Crippen LogP contribution in [0.2, 0.25) is 0 Å². The summed E-state index contributed by atoms with van der Waals surface area (Å²) in [4.78, 5) is 37.8. The number of thioether (sulfide) groups is 1.